The topological polar surface area (TPSA) is 76.5 Å². The van der Waals surface area contributed by atoms with E-state index in [0.717, 1.165) is 28.3 Å². The van der Waals surface area contributed by atoms with Gasteiger partial charge in [-0.3, -0.25) is 19.5 Å². The average molecular weight is 511 g/mol. The van der Waals surface area contributed by atoms with E-state index < -0.39 is 0 Å². The molecule has 38 heavy (non-hydrogen) atoms. The highest BCUT2D eigenvalue weighted by atomic mass is 16.5. The number of ether oxygens (including phenoxy) is 1. The van der Waals surface area contributed by atoms with Gasteiger partial charge in [0.15, 0.2) is 0 Å². The number of rotatable bonds is 10. The van der Waals surface area contributed by atoms with Crippen LogP contribution < -0.4 is 10.1 Å². The van der Waals surface area contributed by atoms with Crippen LogP contribution in [0.4, 0.5) is 5.95 Å². The molecule has 3 aromatic carbocycles. The van der Waals surface area contributed by atoms with E-state index in [4.69, 9.17) is 9.72 Å². The second kappa shape index (κ2) is 12.2. The molecule has 2 amide bonds. The number of nitrogens with one attached hydrogen (secondary N) is 1. The molecule has 1 aromatic heterocycles. The minimum atomic E-state index is -0.321. The predicted molar refractivity (Wildman–Crippen MR) is 151 cm³/mol. The van der Waals surface area contributed by atoms with Gasteiger partial charge in [-0.15, -0.1) is 0 Å². The molecule has 1 N–H and O–H groups in total. The molecule has 0 saturated carbocycles. The summed E-state index contributed by atoms with van der Waals surface area (Å²) in [6.45, 7) is 8.88. The highest BCUT2D eigenvalue weighted by Crippen LogP contribution is 2.26. The molecule has 7 heteroatoms. The van der Waals surface area contributed by atoms with Crippen molar-refractivity contribution < 1.29 is 14.3 Å². The van der Waals surface area contributed by atoms with Crippen LogP contribution in [0.25, 0.3) is 16.9 Å². The van der Waals surface area contributed by atoms with Gasteiger partial charge in [0.25, 0.3) is 5.91 Å². The molecule has 7 nitrogen and oxygen atoms in total. The van der Waals surface area contributed by atoms with Crippen molar-refractivity contribution in [2.24, 2.45) is 5.92 Å². The number of imidazole rings is 1. The Labute approximate surface area is 224 Å². The summed E-state index contributed by atoms with van der Waals surface area (Å²) in [6, 6.07) is 24.8. The number of hydrogen-bond donors (Lipinski definition) is 1. The number of aromatic nitrogens is 2. The van der Waals surface area contributed by atoms with E-state index in [9.17, 15) is 9.59 Å². The Morgan fingerprint density at radius 1 is 1.00 bits per heavy atom. The van der Waals surface area contributed by atoms with E-state index >= 15 is 0 Å². The summed E-state index contributed by atoms with van der Waals surface area (Å²) in [4.78, 5) is 32.9. The zero-order valence-electron chi connectivity index (χ0n) is 22.3. The Bertz CT molecular complexity index is 1380. The molecule has 0 spiro atoms. The first-order chi connectivity index (χ1) is 18.3. The van der Waals surface area contributed by atoms with Gasteiger partial charge in [-0.25, -0.2) is 4.98 Å². The zero-order chi connectivity index (χ0) is 27.1. The van der Waals surface area contributed by atoms with Crippen molar-refractivity contribution in [3.8, 4) is 22.7 Å². The lowest BCUT2D eigenvalue weighted by atomic mass is 10.1. The van der Waals surface area contributed by atoms with Gasteiger partial charge < -0.3 is 9.64 Å². The Morgan fingerprint density at radius 3 is 2.42 bits per heavy atom. The largest absolute Gasteiger partial charge is 0.494 e. The summed E-state index contributed by atoms with van der Waals surface area (Å²) in [7, 11) is 0. The fourth-order valence-corrected chi connectivity index (χ4v) is 4.18. The lowest BCUT2D eigenvalue weighted by Crippen LogP contribution is -2.40. The molecule has 0 aliphatic rings. The summed E-state index contributed by atoms with van der Waals surface area (Å²) >= 11 is 0. The van der Waals surface area contributed by atoms with E-state index in [-0.39, 0.29) is 24.3 Å². The second-order valence-electron chi connectivity index (χ2n) is 9.61. The van der Waals surface area contributed by atoms with Crippen LogP contribution in [0.3, 0.4) is 0 Å². The summed E-state index contributed by atoms with van der Waals surface area (Å²) in [6.07, 6.45) is 1.89. The van der Waals surface area contributed by atoms with E-state index in [0.29, 0.717) is 24.7 Å². The number of amides is 2. The van der Waals surface area contributed by atoms with Crippen LogP contribution in [0.15, 0.2) is 85.1 Å². The van der Waals surface area contributed by atoms with E-state index in [1.54, 1.807) is 17.0 Å². The molecule has 0 aliphatic carbocycles. The Morgan fingerprint density at radius 2 is 1.74 bits per heavy atom. The highest BCUT2D eigenvalue weighted by molar-refractivity contribution is 5.99. The van der Waals surface area contributed by atoms with Gasteiger partial charge in [0, 0.05) is 29.9 Å². The molecule has 0 atom stereocenters. The number of anilines is 1. The number of carbonyl (C=O) groups is 2. The molecule has 4 aromatic rings. The summed E-state index contributed by atoms with van der Waals surface area (Å²) in [5.41, 5.74) is 4.08. The normalized spacial score (nSPS) is 10.9. The van der Waals surface area contributed by atoms with Crippen molar-refractivity contribution in [3.63, 3.8) is 0 Å². The zero-order valence-corrected chi connectivity index (χ0v) is 22.3. The van der Waals surface area contributed by atoms with Crippen LogP contribution in [0.5, 0.6) is 5.75 Å². The molecule has 196 valence electrons. The molecule has 1 heterocycles. The number of carbonyl (C=O) groups excluding carboxylic acids is 2. The maximum absolute atomic E-state index is 13.3. The average Bonchev–Trinajstić information content (AvgIpc) is 3.32. The van der Waals surface area contributed by atoms with Crippen LogP contribution in [-0.2, 0) is 4.79 Å². The lowest BCUT2D eigenvalue weighted by Gasteiger charge is -2.24. The lowest BCUT2D eigenvalue weighted by molar-refractivity contribution is -0.117. The minimum absolute atomic E-state index is 0.0859. The van der Waals surface area contributed by atoms with Crippen LogP contribution in [0, 0.1) is 12.8 Å². The van der Waals surface area contributed by atoms with Gasteiger partial charge in [0.05, 0.1) is 18.0 Å². The van der Waals surface area contributed by atoms with Gasteiger partial charge >= 0.3 is 0 Å². The number of aryl methyl sites for hydroxylation is 1. The molecular formula is C31H34N4O3. The molecule has 0 aliphatic heterocycles. The van der Waals surface area contributed by atoms with Crippen molar-refractivity contribution >= 4 is 17.8 Å². The van der Waals surface area contributed by atoms with Crippen LogP contribution in [-0.4, -0.2) is 46.0 Å². The fourth-order valence-electron chi connectivity index (χ4n) is 4.18. The highest BCUT2D eigenvalue weighted by Gasteiger charge is 2.22. The first-order valence-corrected chi connectivity index (χ1v) is 12.9. The molecule has 0 bridgehead atoms. The van der Waals surface area contributed by atoms with Gasteiger partial charge in [-0.05, 0) is 44.0 Å². The molecule has 0 saturated heterocycles. The molecule has 0 fully saturated rings. The minimum Gasteiger partial charge on any atom is -0.494 e. The summed E-state index contributed by atoms with van der Waals surface area (Å²) in [5.74, 6) is 0.800. The van der Waals surface area contributed by atoms with Crippen LogP contribution >= 0.6 is 0 Å². The van der Waals surface area contributed by atoms with Gasteiger partial charge in [-0.1, -0.05) is 67.9 Å². The molecular weight excluding hydrogens is 476 g/mol. The summed E-state index contributed by atoms with van der Waals surface area (Å²) in [5, 5.41) is 2.95. The molecule has 0 radical (unpaired) electrons. The standard InChI is InChI=1S/C31H34N4O3/c1-5-38-27-13-9-12-26(18-27)35-20-28(24-10-7-6-8-11-24)32-31(35)33-29(36)21-34(19-22(2)3)30(37)25-16-14-23(4)15-17-25/h6-18,20,22H,5,19,21H2,1-4H3,(H,32,33,36). The third kappa shape index (κ3) is 6.68. The fraction of sp³-hybridized carbons (Fsp3) is 0.258. The predicted octanol–water partition coefficient (Wildman–Crippen LogP) is 5.98. The van der Waals surface area contributed by atoms with Crippen LogP contribution in [0.2, 0.25) is 0 Å². The Kier molecular flexibility index (Phi) is 8.58. The first-order valence-electron chi connectivity index (χ1n) is 12.9. The monoisotopic (exact) mass is 510 g/mol. The van der Waals surface area contributed by atoms with Gasteiger partial charge in [-0.2, -0.15) is 0 Å². The molecule has 4 rings (SSSR count). The second-order valence-corrected chi connectivity index (χ2v) is 9.61. The van der Waals surface area contributed by atoms with Gasteiger partial charge in [0.1, 0.15) is 12.3 Å². The van der Waals surface area contributed by atoms with E-state index in [2.05, 4.69) is 5.32 Å². The van der Waals surface area contributed by atoms with Crippen molar-refractivity contribution in [3.05, 3.63) is 96.2 Å². The SMILES string of the molecule is CCOc1cccc(-n2cc(-c3ccccc3)nc2NC(=O)CN(CC(C)C)C(=O)c2ccc(C)cc2)c1. The first kappa shape index (κ1) is 26.7. The van der Waals surface area contributed by atoms with E-state index in [1.807, 2.05) is 105 Å². The van der Waals surface area contributed by atoms with Gasteiger partial charge in [0.2, 0.25) is 11.9 Å². The smallest absolute Gasteiger partial charge is 0.254 e. The van der Waals surface area contributed by atoms with E-state index in [1.165, 1.54) is 0 Å². The molecule has 0 unspecified atom stereocenters. The maximum Gasteiger partial charge on any atom is 0.254 e. The number of benzene rings is 3. The summed E-state index contributed by atoms with van der Waals surface area (Å²) < 4.78 is 7.51. The Balaban J connectivity index is 1.62. The number of nitrogens with zero attached hydrogens (tertiary/aromatic N) is 3. The van der Waals surface area contributed by atoms with Crippen molar-refractivity contribution in [1.29, 1.82) is 0 Å². The van der Waals surface area contributed by atoms with Crippen LogP contribution in [0.1, 0.15) is 36.7 Å². The van der Waals surface area contributed by atoms with Crippen molar-refractivity contribution in [2.45, 2.75) is 27.7 Å². The number of hydrogen-bond acceptors (Lipinski definition) is 4. The maximum atomic E-state index is 13.3. The third-order valence-electron chi connectivity index (χ3n) is 5.94. The Hall–Kier alpha value is -4.39. The van der Waals surface area contributed by atoms with Crippen molar-refractivity contribution in [1.82, 2.24) is 14.5 Å². The third-order valence-corrected chi connectivity index (χ3v) is 5.94. The van der Waals surface area contributed by atoms with Crippen molar-refractivity contribution in [2.75, 3.05) is 25.0 Å². The quantitative estimate of drug-likeness (QED) is 0.285.